The summed E-state index contributed by atoms with van der Waals surface area (Å²) in [7, 11) is 0. The largest absolute Gasteiger partial charge is 0.471 e. The molecule has 0 saturated carbocycles. The van der Waals surface area contributed by atoms with Crippen LogP contribution >= 0.6 is 0 Å². The second-order valence-electron chi connectivity index (χ2n) is 7.68. The van der Waals surface area contributed by atoms with Gasteiger partial charge in [-0.3, -0.25) is 9.36 Å². The molecule has 1 aliphatic heterocycles. The number of benzene rings is 1. The molecular formula is C23H18F2N6O2. The van der Waals surface area contributed by atoms with Gasteiger partial charge in [0.05, 0.1) is 24.0 Å². The highest BCUT2D eigenvalue weighted by atomic mass is 19.1. The first-order valence-electron chi connectivity index (χ1n) is 10.2. The van der Waals surface area contributed by atoms with Gasteiger partial charge >= 0.3 is 0 Å². The summed E-state index contributed by atoms with van der Waals surface area (Å²) in [6, 6.07) is 1.58. The molecular weight excluding hydrogens is 430 g/mol. The molecule has 0 fully saturated rings. The van der Waals surface area contributed by atoms with Crippen LogP contribution in [0, 0.1) is 18.6 Å². The predicted molar refractivity (Wildman–Crippen MR) is 114 cm³/mol. The number of ether oxygens (including phenoxy) is 1. The molecule has 1 aromatic carbocycles. The average molecular weight is 448 g/mol. The van der Waals surface area contributed by atoms with Gasteiger partial charge in [-0.1, -0.05) is 0 Å². The molecule has 0 N–H and O–H groups in total. The van der Waals surface area contributed by atoms with Crippen molar-refractivity contribution in [3.05, 3.63) is 82.9 Å². The van der Waals surface area contributed by atoms with Gasteiger partial charge < -0.3 is 4.74 Å². The molecule has 33 heavy (non-hydrogen) atoms. The molecule has 0 saturated heterocycles. The van der Waals surface area contributed by atoms with E-state index in [0.29, 0.717) is 30.1 Å². The molecule has 166 valence electrons. The number of carbonyl (C=O) groups excluding carboxylic acids is 1. The number of hydrazone groups is 1. The molecule has 3 heterocycles. The molecule has 0 radical (unpaired) electrons. The maximum atomic E-state index is 14.4. The summed E-state index contributed by atoms with van der Waals surface area (Å²) in [5.74, 6) is -0.513. The second-order valence-corrected chi connectivity index (χ2v) is 7.68. The number of amides is 1. The number of halogens is 2. The third kappa shape index (κ3) is 4.04. The van der Waals surface area contributed by atoms with Crippen LogP contribution in [0.5, 0.6) is 5.88 Å². The van der Waals surface area contributed by atoms with E-state index in [2.05, 4.69) is 25.8 Å². The highest BCUT2D eigenvalue weighted by Crippen LogP contribution is 2.34. The summed E-state index contributed by atoms with van der Waals surface area (Å²) >= 11 is 0. The predicted octanol–water partition coefficient (Wildman–Crippen LogP) is 3.44. The molecule has 5 rings (SSSR count). The number of nitrogens with zero attached hydrogens (tertiary/aromatic N) is 6. The first kappa shape index (κ1) is 20.7. The van der Waals surface area contributed by atoms with E-state index in [0.717, 1.165) is 17.7 Å². The van der Waals surface area contributed by atoms with Gasteiger partial charge in [-0.05, 0) is 24.6 Å². The lowest BCUT2D eigenvalue weighted by Gasteiger charge is -2.25. The van der Waals surface area contributed by atoms with Gasteiger partial charge in [-0.15, -0.1) is 5.73 Å². The Bertz CT molecular complexity index is 1310. The smallest absolute Gasteiger partial charge is 0.278 e. The van der Waals surface area contributed by atoms with Gasteiger partial charge in [0.1, 0.15) is 24.6 Å². The maximum Gasteiger partial charge on any atom is 0.278 e. The highest BCUT2D eigenvalue weighted by Gasteiger charge is 2.34. The number of hydrogen-bond acceptors (Lipinski definition) is 6. The molecule has 3 aromatic rings. The van der Waals surface area contributed by atoms with Crippen LogP contribution in [0.2, 0.25) is 0 Å². The number of aryl methyl sites for hydroxylation is 1. The van der Waals surface area contributed by atoms with E-state index in [1.165, 1.54) is 24.3 Å². The molecule has 0 bridgehead atoms. The lowest BCUT2D eigenvalue weighted by molar-refractivity contribution is -0.129. The zero-order valence-electron chi connectivity index (χ0n) is 17.6. The molecule has 2 aromatic heterocycles. The molecule has 1 aliphatic carbocycles. The van der Waals surface area contributed by atoms with Gasteiger partial charge in [-0.2, -0.15) is 5.10 Å². The Morgan fingerprint density at radius 1 is 1.24 bits per heavy atom. The van der Waals surface area contributed by atoms with Gasteiger partial charge in [0.25, 0.3) is 5.91 Å². The summed E-state index contributed by atoms with van der Waals surface area (Å²) in [4.78, 5) is 25.3. The van der Waals surface area contributed by atoms with Crippen LogP contribution in [0.3, 0.4) is 0 Å². The fourth-order valence-corrected chi connectivity index (χ4v) is 3.62. The first-order chi connectivity index (χ1) is 16.0. The monoisotopic (exact) mass is 448 g/mol. The van der Waals surface area contributed by atoms with Crippen LogP contribution in [-0.4, -0.2) is 43.3 Å². The minimum atomic E-state index is -0.688. The van der Waals surface area contributed by atoms with Crippen molar-refractivity contribution in [2.75, 3.05) is 6.61 Å². The molecule has 1 unspecified atom stereocenters. The highest BCUT2D eigenvalue weighted by molar-refractivity contribution is 5.96. The van der Waals surface area contributed by atoms with E-state index >= 15 is 0 Å². The topological polar surface area (TPSA) is 85.5 Å². The van der Waals surface area contributed by atoms with Gasteiger partial charge in [0.2, 0.25) is 5.88 Å². The summed E-state index contributed by atoms with van der Waals surface area (Å²) < 4.78 is 35.7. The van der Waals surface area contributed by atoms with Crippen molar-refractivity contribution in [3.8, 4) is 11.7 Å². The summed E-state index contributed by atoms with van der Waals surface area (Å²) in [6.45, 7) is 1.70. The van der Waals surface area contributed by atoms with Crippen LogP contribution in [0.25, 0.3) is 5.82 Å². The normalized spacial score (nSPS) is 16.9. The third-order valence-electron chi connectivity index (χ3n) is 5.43. The molecule has 10 heteroatoms. The van der Waals surface area contributed by atoms with Gasteiger partial charge in [-0.25, -0.2) is 28.7 Å². The van der Waals surface area contributed by atoms with E-state index in [-0.39, 0.29) is 23.6 Å². The van der Waals surface area contributed by atoms with Crippen molar-refractivity contribution in [3.63, 3.8) is 0 Å². The quantitative estimate of drug-likeness (QED) is 0.540. The van der Waals surface area contributed by atoms with Crippen LogP contribution in [0.15, 0.2) is 65.2 Å². The minimum absolute atomic E-state index is 0.106. The Morgan fingerprint density at radius 3 is 2.82 bits per heavy atom. The number of imidazole rings is 1. The number of hydrogen-bond donors (Lipinski definition) is 0. The molecule has 1 amide bonds. The summed E-state index contributed by atoms with van der Waals surface area (Å²) in [5.41, 5.74) is 4.49. The van der Waals surface area contributed by atoms with Crippen LogP contribution in [0.1, 0.15) is 30.0 Å². The second kappa shape index (κ2) is 8.40. The van der Waals surface area contributed by atoms with Crippen molar-refractivity contribution >= 4 is 12.1 Å². The molecule has 1 atom stereocenters. The van der Waals surface area contributed by atoms with Crippen molar-refractivity contribution in [1.29, 1.82) is 0 Å². The van der Waals surface area contributed by atoms with E-state index in [9.17, 15) is 13.6 Å². The van der Waals surface area contributed by atoms with E-state index < -0.39 is 17.7 Å². The Hall–Kier alpha value is -4.17. The van der Waals surface area contributed by atoms with Gasteiger partial charge in [0, 0.05) is 42.6 Å². The van der Waals surface area contributed by atoms with Crippen molar-refractivity contribution in [2.24, 2.45) is 5.10 Å². The van der Waals surface area contributed by atoms with Crippen molar-refractivity contribution in [1.82, 2.24) is 24.5 Å². The lowest BCUT2D eigenvalue weighted by Crippen LogP contribution is -2.30. The standard InChI is InChI=1S/C23H18F2N6O2/c1-14-6-19(25)17(9-18(14)24)20-2-3-29-31(20)23(32)16-7-15(8-16)12-33-22-11-27-21(10-28-22)30-5-4-26-13-30/h3-6,9-11,13,20H,2,7,12H2,1H3. The Labute approximate surface area is 187 Å². The maximum absolute atomic E-state index is 14.4. The fraction of sp³-hybridized carbons (Fsp3) is 0.217. The van der Waals surface area contributed by atoms with E-state index in [1.807, 2.05) is 0 Å². The lowest BCUT2D eigenvalue weighted by atomic mass is 9.95. The third-order valence-corrected chi connectivity index (χ3v) is 5.43. The molecule has 0 spiro atoms. The molecule has 8 nitrogen and oxygen atoms in total. The van der Waals surface area contributed by atoms with Crippen molar-refractivity contribution < 1.29 is 18.3 Å². The first-order valence-corrected chi connectivity index (χ1v) is 10.2. The fourth-order valence-electron chi connectivity index (χ4n) is 3.62. The summed E-state index contributed by atoms with van der Waals surface area (Å²) in [6.07, 6.45) is 10.3. The Balaban J connectivity index is 1.24. The zero-order chi connectivity index (χ0) is 22.9. The van der Waals surface area contributed by atoms with E-state index in [1.54, 1.807) is 29.5 Å². The molecule has 2 aliphatic rings. The number of carbonyl (C=O) groups is 1. The zero-order valence-corrected chi connectivity index (χ0v) is 17.6. The Morgan fingerprint density at radius 2 is 2.09 bits per heavy atom. The SMILES string of the molecule is Cc1cc(F)c(C2CC=NN2C(=O)C2=C=C(COc3cnc(-n4ccnc4)cn3)C2)cc1F. The van der Waals surface area contributed by atoms with E-state index in [4.69, 9.17) is 4.74 Å². The van der Waals surface area contributed by atoms with Crippen LogP contribution < -0.4 is 4.74 Å². The van der Waals surface area contributed by atoms with Gasteiger partial charge in [0.15, 0.2) is 5.82 Å². The van der Waals surface area contributed by atoms with Crippen LogP contribution in [0.4, 0.5) is 8.78 Å². The van der Waals surface area contributed by atoms with Crippen molar-refractivity contribution in [2.45, 2.75) is 25.8 Å². The Kier molecular flexibility index (Phi) is 5.27. The van der Waals surface area contributed by atoms with Crippen LogP contribution in [-0.2, 0) is 4.79 Å². The average Bonchev–Trinajstić information content (AvgIpc) is 3.48. The number of rotatable bonds is 6. The number of aromatic nitrogens is 4. The summed E-state index contributed by atoms with van der Waals surface area (Å²) in [5, 5.41) is 5.27. The minimum Gasteiger partial charge on any atom is -0.471 e.